The molecular formula is C15H26IN7. The summed E-state index contributed by atoms with van der Waals surface area (Å²) in [5, 5.41) is 14.6. The standard InChI is InChI=1S/C15H25N7.HI/c1-3-14-20-19-13-22(14)12-8-18-15(16-4-2)17-7-11-21-9-5-6-10-21;/h5-6,9-10,13H,3-4,7-8,11-12H2,1-2H3,(H2,16,17,18);1H. The molecule has 0 amide bonds. The molecule has 0 fully saturated rings. The molecule has 0 aliphatic carbocycles. The Labute approximate surface area is 154 Å². The number of aliphatic imine (C=N–C) groups is 1. The molecule has 0 aromatic carbocycles. The molecular weight excluding hydrogens is 405 g/mol. The lowest BCUT2D eigenvalue weighted by Crippen LogP contribution is -2.39. The Morgan fingerprint density at radius 2 is 1.96 bits per heavy atom. The Bertz CT molecular complexity index is 562. The van der Waals surface area contributed by atoms with Gasteiger partial charge in [0.15, 0.2) is 5.96 Å². The van der Waals surface area contributed by atoms with Crippen LogP contribution in [-0.2, 0) is 19.5 Å². The van der Waals surface area contributed by atoms with Crippen molar-refractivity contribution < 1.29 is 0 Å². The van der Waals surface area contributed by atoms with Crippen molar-refractivity contribution in [1.29, 1.82) is 0 Å². The van der Waals surface area contributed by atoms with E-state index in [1.165, 1.54) is 0 Å². The van der Waals surface area contributed by atoms with E-state index in [0.717, 1.165) is 44.4 Å². The zero-order valence-electron chi connectivity index (χ0n) is 13.8. The first-order valence-electron chi connectivity index (χ1n) is 7.83. The summed E-state index contributed by atoms with van der Waals surface area (Å²) in [7, 11) is 0. The highest BCUT2D eigenvalue weighted by molar-refractivity contribution is 14.0. The van der Waals surface area contributed by atoms with Crippen molar-refractivity contribution in [1.82, 2.24) is 30.0 Å². The molecule has 0 radical (unpaired) electrons. The zero-order chi connectivity index (χ0) is 15.6. The highest BCUT2D eigenvalue weighted by atomic mass is 127. The van der Waals surface area contributed by atoms with Crippen LogP contribution in [0.25, 0.3) is 0 Å². The van der Waals surface area contributed by atoms with Crippen LogP contribution in [-0.4, -0.2) is 44.9 Å². The molecule has 0 saturated carbocycles. The van der Waals surface area contributed by atoms with E-state index in [-0.39, 0.29) is 24.0 Å². The summed E-state index contributed by atoms with van der Waals surface area (Å²) < 4.78 is 4.19. The molecule has 23 heavy (non-hydrogen) atoms. The average Bonchev–Trinajstić information content (AvgIpc) is 3.18. The Balaban J connectivity index is 0.00000264. The van der Waals surface area contributed by atoms with E-state index >= 15 is 0 Å². The lowest BCUT2D eigenvalue weighted by atomic mass is 10.4. The van der Waals surface area contributed by atoms with Gasteiger partial charge in [-0.25, -0.2) is 0 Å². The van der Waals surface area contributed by atoms with Gasteiger partial charge in [0.25, 0.3) is 0 Å². The fourth-order valence-corrected chi connectivity index (χ4v) is 2.17. The first-order chi connectivity index (χ1) is 10.8. The van der Waals surface area contributed by atoms with Crippen LogP contribution in [0.5, 0.6) is 0 Å². The van der Waals surface area contributed by atoms with Gasteiger partial charge in [-0.3, -0.25) is 4.99 Å². The number of nitrogens with zero attached hydrogens (tertiary/aromatic N) is 5. The second-order valence-corrected chi connectivity index (χ2v) is 4.90. The summed E-state index contributed by atoms with van der Waals surface area (Å²) >= 11 is 0. The van der Waals surface area contributed by atoms with Crippen LogP contribution in [0.4, 0.5) is 0 Å². The van der Waals surface area contributed by atoms with Crippen LogP contribution >= 0.6 is 24.0 Å². The number of halogens is 1. The third kappa shape index (κ3) is 6.59. The molecule has 0 unspecified atom stereocenters. The van der Waals surface area contributed by atoms with E-state index < -0.39 is 0 Å². The molecule has 2 rings (SSSR count). The van der Waals surface area contributed by atoms with E-state index in [1.807, 2.05) is 16.7 Å². The molecule has 2 aromatic rings. The van der Waals surface area contributed by atoms with Crippen LogP contribution in [0.15, 0.2) is 35.8 Å². The third-order valence-electron chi connectivity index (χ3n) is 3.30. The minimum Gasteiger partial charge on any atom is -0.357 e. The predicted molar refractivity (Wildman–Crippen MR) is 103 cm³/mol. The quantitative estimate of drug-likeness (QED) is 0.378. The number of hydrogen-bond acceptors (Lipinski definition) is 3. The summed E-state index contributed by atoms with van der Waals surface area (Å²) in [6, 6.07) is 4.06. The van der Waals surface area contributed by atoms with Gasteiger partial charge in [-0.15, -0.1) is 34.2 Å². The minimum atomic E-state index is 0. The van der Waals surface area contributed by atoms with E-state index in [2.05, 4.69) is 56.6 Å². The van der Waals surface area contributed by atoms with Gasteiger partial charge in [0.05, 0.1) is 6.54 Å². The van der Waals surface area contributed by atoms with Gasteiger partial charge in [0, 0.05) is 45.0 Å². The Kier molecular flexibility index (Phi) is 9.34. The van der Waals surface area contributed by atoms with Crippen molar-refractivity contribution in [2.75, 3.05) is 19.6 Å². The topological polar surface area (TPSA) is 72.1 Å². The Morgan fingerprint density at radius 3 is 2.65 bits per heavy atom. The molecule has 0 atom stereocenters. The minimum absolute atomic E-state index is 0. The molecule has 2 N–H and O–H groups in total. The molecule has 0 saturated heterocycles. The van der Waals surface area contributed by atoms with Gasteiger partial charge in [0.2, 0.25) is 0 Å². The Hall–Kier alpha value is -1.58. The van der Waals surface area contributed by atoms with Crippen molar-refractivity contribution >= 4 is 29.9 Å². The first kappa shape index (κ1) is 19.5. The van der Waals surface area contributed by atoms with Gasteiger partial charge in [-0.2, -0.15) is 0 Å². The first-order valence-corrected chi connectivity index (χ1v) is 7.83. The second-order valence-electron chi connectivity index (χ2n) is 4.90. The van der Waals surface area contributed by atoms with Crippen molar-refractivity contribution in [3.05, 3.63) is 36.7 Å². The number of aryl methyl sites for hydroxylation is 1. The SMILES string of the molecule is CCNC(=NCCn1cnnc1CC)NCCn1cccc1.I. The zero-order valence-corrected chi connectivity index (χ0v) is 16.1. The smallest absolute Gasteiger partial charge is 0.191 e. The lowest BCUT2D eigenvalue weighted by molar-refractivity contribution is 0.648. The van der Waals surface area contributed by atoms with E-state index in [0.29, 0.717) is 6.54 Å². The summed E-state index contributed by atoms with van der Waals surface area (Å²) in [5.74, 6) is 1.85. The summed E-state index contributed by atoms with van der Waals surface area (Å²) in [6.07, 6.45) is 6.77. The van der Waals surface area contributed by atoms with Gasteiger partial charge in [-0.1, -0.05) is 6.92 Å². The highest BCUT2D eigenvalue weighted by Gasteiger charge is 2.01. The summed E-state index contributed by atoms with van der Waals surface area (Å²) in [6.45, 7) is 8.25. The highest BCUT2D eigenvalue weighted by Crippen LogP contribution is 1.95. The molecule has 0 aliphatic rings. The maximum Gasteiger partial charge on any atom is 0.191 e. The van der Waals surface area contributed by atoms with E-state index in [9.17, 15) is 0 Å². The van der Waals surface area contributed by atoms with Crippen LogP contribution in [0.2, 0.25) is 0 Å². The summed E-state index contributed by atoms with van der Waals surface area (Å²) in [5.41, 5.74) is 0. The normalized spacial score (nSPS) is 11.1. The van der Waals surface area contributed by atoms with Crippen molar-refractivity contribution in [3.8, 4) is 0 Å². The predicted octanol–water partition coefficient (Wildman–Crippen LogP) is 1.52. The number of hydrogen-bond donors (Lipinski definition) is 2. The largest absolute Gasteiger partial charge is 0.357 e. The lowest BCUT2D eigenvalue weighted by Gasteiger charge is -2.12. The van der Waals surface area contributed by atoms with E-state index in [1.54, 1.807) is 6.33 Å². The molecule has 8 heteroatoms. The molecule has 128 valence electrons. The molecule has 0 aliphatic heterocycles. The van der Waals surface area contributed by atoms with Crippen LogP contribution in [0.1, 0.15) is 19.7 Å². The van der Waals surface area contributed by atoms with Gasteiger partial charge in [-0.05, 0) is 19.1 Å². The molecule has 2 aromatic heterocycles. The number of nitrogens with one attached hydrogen (secondary N) is 2. The maximum absolute atomic E-state index is 4.59. The molecule has 2 heterocycles. The van der Waals surface area contributed by atoms with Crippen molar-refractivity contribution in [3.63, 3.8) is 0 Å². The average molecular weight is 431 g/mol. The summed E-state index contributed by atoms with van der Waals surface area (Å²) in [4.78, 5) is 4.59. The van der Waals surface area contributed by atoms with Crippen LogP contribution < -0.4 is 10.6 Å². The fraction of sp³-hybridized carbons (Fsp3) is 0.533. The van der Waals surface area contributed by atoms with Crippen LogP contribution in [0, 0.1) is 0 Å². The number of aromatic nitrogens is 4. The maximum atomic E-state index is 4.59. The fourth-order valence-electron chi connectivity index (χ4n) is 2.17. The van der Waals surface area contributed by atoms with Gasteiger partial charge < -0.3 is 19.8 Å². The third-order valence-corrected chi connectivity index (χ3v) is 3.30. The van der Waals surface area contributed by atoms with Gasteiger partial charge in [0.1, 0.15) is 12.2 Å². The molecule has 0 spiro atoms. The van der Waals surface area contributed by atoms with Crippen LogP contribution in [0.3, 0.4) is 0 Å². The van der Waals surface area contributed by atoms with E-state index in [4.69, 9.17) is 0 Å². The van der Waals surface area contributed by atoms with Crippen molar-refractivity contribution in [2.45, 2.75) is 33.4 Å². The van der Waals surface area contributed by atoms with Gasteiger partial charge >= 0.3 is 0 Å². The Morgan fingerprint density at radius 1 is 1.17 bits per heavy atom. The number of guanidine groups is 1. The molecule has 0 bridgehead atoms. The monoisotopic (exact) mass is 431 g/mol. The number of rotatable bonds is 8. The second kappa shape index (κ2) is 11.0. The van der Waals surface area contributed by atoms with Crippen molar-refractivity contribution in [2.24, 2.45) is 4.99 Å². The molecule has 7 nitrogen and oxygen atoms in total.